The van der Waals surface area contributed by atoms with Crippen LogP contribution in [0.15, 0.2) is 30.3 Å². The lowest BCUT2D eigenvalue weighted by atomic mass is 10.1. The lowest BCUT2D eigenvalue weighted by molar-refractivity contribution is -0.125. The summed E-state index contributed by atoms with van der Waals surface area (Å²) in [5, 5.41) is 5.96. The molecule has 5 heteroatoms. The molecule has 0 spiro atoms. The summed E-state index contributed by atoms with van der Waals surface area (Å²) in [6, 6.07) is 9.46. The normalized spacial score (nSPS) is 15.5. The molecule has 0 aliphatic heterocycles. The molecule has 106 valence electrons. The molecule has 0 saturated heterocycles. The van der Waals surface area contributed by atoms with Crippen LogP contribution in [0.25, 0.3) is 0 Å². The van der Waals surface area contributed by atoms with Gasteiger partial charge in [-0.1, -0.05) is 37.3 Å². The molecule has 19 heavy (non-hydrogen) atoms. The Kier molecular flexibility index (Phi) is 6.73. The van der Waals surface area contributed by atoms with Gasteiger partial charge in [-0.25, -0.2) is 0 Å². The van der Waals surface area contributed by atoms with E-state index in [1.54, 1.807) is 6.26 Å². The molecular weight excluding hydrogens is 260 g/mol. The molecule has 1 rings (SSSR count). The average molecular weight is 282 g/mol. The van der Waals surface area contributed by atoms with Gasteiger partial charge in [-0.15, -0.1) is 0 Å². The number of carbonyl (C=O) groups is 1. The lowest BCUT2D eigenvalue weighted by Gasteiger charge is -2.20. The van der Waals surface area contributed by atoms with Crippen molar-refractivity contribution in [2.75, 3.05) is 25.6 Å². The predicted molar refractivity (Wildman–Crippen MR) is 79.3 cm³/mol. The van der Waals surface area contributed by atoms with E-state index in [1.165, 1.54) is 0 Å². The van der Waals surface area contributed by atoms with Crippen LogP contribution in [0.4, 0.5) is 0 Å². The van der Waals surface area contributed by atoms with Crippen LogP contribution >= 0.6 is 0 Å². The standard InChI is InChI=1S/C14H22N2O2S/c1-11(9-15-2)14(17)16-13(10-19(3)18)12-7-5-4-6-8-12/h4-8,11,13,15H,9-10H2,1-3H3,(H,16,17). The fourth-order valence-electron chi connectivity index (χ4n) is 1.85. The van der Waals surface area contributed by atoms with Crippen molar-refractivity contribution >= 4 is 16.7 Å². The molecule has 1 amide bonds. The largest absolute Gasteiger partial charge is 0.348 e. The summed E-state index contributed by atoms with van der Waals surface area (Å²) < 4.78 is 11.5. The summed E-state index contributed by atoms with van der Waals surface area (Å²) >= 11 is 0. The van der Waals surface area contributed by atoms with Gasteiger partial charge in [0, 0.05) is 35.3 Å². The summed E-state index contributed by atoms with van der Waals surface area (Å²) in [5.74, 6) is 0.303. The summed E-state index contributed by atoms with van der Waals surface area (Å²) in [7, 11) is 0.859. The van der Waals surface area contributed by atoms with Gasteiger partial charge in [0.15, 0.2) is 0 Å². The Balaban J connectivity index is 2.76. The van der Waals surface area contributed by atoms with E-state index < -0.39 is 10.8 Å². The number of nitrogens with one attached hydrogen (secondary N) is 2. The zero-order chi connectivity index (χ0) is 14.3. The highest BCUT2D eigenvalue weighted by Gasteiger charge is 2.19. The number of amides is 1. The second-order valence-electron chi connectivity index (χ2n) is 4.67. The molecule has 2 N–H and O–H groups in total. The third-order valence-corrected chi connectivity index (χ3v) is 3.68. The van der Waals surface area contributed by atoms with Gasteiger partial charge in [-0.3, -0.25) is 9.00 Å². The van der Waals surface area contributed by atoms with Crippen LogP contribution in [0.1, 0.15) is 18.5 Å². The van der Waals surface area contributed by atoms with Crippen LogP contribution in [0.2, 0.25) is 0 Å². The third kappa shape index (κ3) is 5.53. The molecule has 0 radical (unpaired) electrons. The van der Waals surface area contributed by atoms with Gasteiger partial charge in [0.25, 0.3) is 0 Å². The summed E-state index contributed by atoms with van der Waals surface area (Å²) in [5.41, 5.74) is 0.989. The van der Waals surface area contributed by atoms with E-state index in [0.717, 1.165) is 5.56 Å². The Morgan fingerprint density at radius 1 is 1.32 bits per heavy atom. The van der Waals surface area contributed by atoms with Crippen LogP contribution in [0, 0.1) is 5.92 Å². The Bertz CT molecular complexity index is 423. The van der Waals surface area contributed by atoms with Gasteiger partial charge < -0.3 is 10.6 Å². The highest BCUT2D eigenvalue weighted by atomic mass is 32.2. The van der Waals surface area contributed by atoms with Crippen molar-refractivity contribution in [3.8, 4) is 0 Å². The average Bonchev–Trinajstić information content (AvgIpc) is 2.38. The smallest absolute Gasteiger partial charge is 0.224 e. The number of hydrogen-bond donors (Lipinski definition) is 2. The van der Waals surface area contributed by atoms with Crippen molar-refractivity contribution in [2.24, 2.45) is 5.92 Å². The first-order chi connectivity index (χ1) is 9.04. The fourth-order valence-corrected chi connectivity index (χ4v) is 2.60. The first-order valence-corrected chi connectivity index (χ1v) is 8.07. The van der Waals surface area contributed by atoms with E-state index in [-0.39, 0.29) is 17.9 Å². The van der Waals surface area contributed by atoms with Crippen molar-refractivity contribution < 1.29 is 9.00 Å². The topological polar surface area (TPSA) is 58.2 Å². The fraction of sp³-hybridized carbons (Fsp3) is 0.500. The number of carbonyl (C=O) groups excluding carboxylic acids is 1. The maximum atomic E-state index is 12.0. The van der Waals surface area contributed by atoms with E-state index >= 15 is 0 Å². The predicted octanol–water partition coefficient (Wildman–Crippen LogP) is 1.08. The molecular formula is C14H22N2O2S. The van der Waals surface area contributed by atoms with E-state index in [1.807, 2.05) is 44.3 Å². The van der Waals surface area contributed by atoms with Crippen LogP contribution in [-0.2, 0) is 15.6 Å². The van der Waals surface area contributed by atoms with Gasteiger partial charge in [-0.05, 0) is 12.6 Å². The summed E-state index contributed by atoms with van der Waals surface area (Å²) in [6.45, 7) is 2.50. The second kappa shape index (κ2) is 8.07. The van der Waals surface area contributed by atoms with E-state index in [9.17, 15) is 9.00 Å². The van der Waals surface area contributed by atoms with Gasteiger partial charge in [0.05, 0.1) is 6.04 Å². The molecule has 0 aliphatic carbocycles. The van der Waals surface area contributed by atoms with Crippen molar-refractivity contribution in [3.05, 3.63) is 35.9 Å². The minimum absolute atomic E-state index is 0.0198. The zero-order valence-corrected chi connectivity index (χ0v) is 12.5. The molecule has 0 heterocycles. The number of rotatable bonds is 7. The van der Waals surface area contributed by atoms with E-state index in [2.05, 4.69) is 10.6 Å². The molecule has 0 saturated carbocycles. The van der Waals surface area contributed by atoms with Crippen molar-refractivity contribution in [3.63, 3.8) is 0 Å². The molecule has 0 bridgehead atoms. The van der Waals surface area contributed by atoms with Gasteiger partial charge in [-0.2, -0.15) is 0 Å². The zero-order valence-electron chi connectivity index (χ0n) is 11.7. The van der Waals surface area contributed by atoms with Gasteiger partial charge >= 0.3 is 0 Å². The molecule has 3 unspecified atom stereocenters. The molecule has 0 aromatic heterocycles. The number of benzene rings is 1. The first-order valence-electron chi connectivity index (χ1n) is 6.34. The van der Waals surface area contributed by atoms with Gasteiger partial charge in [0.1, 0.15) is 0 Å². The van der Waals surface area contributed by atoms with E-state index in [4.69, 9.17) is 0 Å². The monoisotopic (exact) mass is 282 g/mol. The molecule has 0 aliphatic rings. The van der Waals surface area contributed by atoms with Crippen LogP contribution in [-0.4, -0.2) is 35.7 Å². The van der Waals surface area contributed by atoms with Crippen LogP contribution < -0.4 is 10.6 Å². The minimum Gasteiger partial charge on any atom is -0.348 e. The molecule has 1 aromatic rings. The van der Waals surface area contributed by atoms with Gasteiger partial charge in [0.2, 0.25) is 5.91 Å². The highest BCUT2D eigenvalue weighted by molar-refractivity contribution is 7.84. The van der Waals surface area contributed by atoms with Crippen LogP contribution in [0.5, 0.6) is 0 Å². The highest BCUT2D eigenvalue weighted by Crippen LogP contribution is 2.14. The Morgan fingerprint density at radius 2 is 1.95 bits per heavy atom. The molecule has 0 fully saturated rings. The Morgan fingerprint density at radius 3 is 2.47 bits per heavy atom. The molecule has 4 nitrogen and oxygen atoms in total. The van der Waals surface area contributed by atoms with Crippen LogP contribution in [0.3, 0.4) is 0 Å². The van der Waals surface area contributed by atoms with E-state index in [0.29, 0.717) is 12.3 Å². The number of hydrogen-bond acceptors (Lipinski definition) is 3. The summed E-state index contributed by atoms with van der Waals surface area (Å²) in [6.07, 6.45) is 1.65. The SMILES string of the molecule is CNCC(C)C(=O)NC(CS(C)=O)c1ccccc1. The van der Waals surface area contributed by atoms with Crippen molar-refractivity contribution in [1.82, 2.24) is 10.6 Å². The second-order valence-corrected chi connectivity index (χ2v) is 6.15. The lowest BCUT2D eigenvalue weighted by Crippen LogP contribution is -2.38. The molecule has 1 aromatic carbocycles. The maximum absolute atomic E-state index is 12.0. The Hall–Kier alpha value is -1.20. The third-order valence-electron chi connectivity index (χ3n) is 2.88. The van der Waals surface area contributed by atoms with Crippen molar-refractivity contribution in [1.29, 1.82) is 0 Å². The minimum atomic E-state index is -0.960. The quantitative estimate of drug-likeness (QED) is 0.787. The first kappa shape index (κ1) is 15.9. The Labute approximate surface area is 117 Å². The van der Waals surface area contributed by atoms with Crippen molar-refractivity contribution in [2.45, 2.75) is 13.0 Å². The maximum Gasteiger partial charge on any atom is 0.224 e. The summed E-state index contributed by atoms with van der Waals surface area (Å²) in [4.78, 5) is 12.0. The molecule has 3 atom stereocenters.